The van der Waals surface area contributed by atoms with Gasteiger partial charge >= 0.3 is 0 Å². The van der Waals surface area contributed by atoms with Crippen molar-refractivity contribution in [3.8, 4) is 0 Å². The van der Waals surface area contributed by atoms with E-state index in [9.17, 15) is 4.79 Å². The van der Waals surface area contributed by atoms with Crippen LogP contribution in [0.5, 0.6) is 0 Å². The fourth-order valence-electron chi connectivity index (χ4n) is 1.23. The Morgan fingerprint density at radius 2 is 2.08 bits per heavy atom. The highest BCUT2D eigenvalue weighted by atomic mass is 16.1. The summed E-state index contributed by atoms with van der Waals surface area (Å²) in [6.07, 6.45) is 1.64. The Balaban J connectivity index is 2.57. The molecule has 1 rings (SSSR count). The molecule has 1 amide bonds. The van der Waals surface area contributed by atoms with Gasteiger partial charge in [0.05, 0.1) is 0 Å². The van der Waals surface area contributed by atoms with Gasteiger partial charge in [-0.25, -0.2) is 0 Å². The Kier molecular flexibility index (Phi) is 3.50. The molecule has 0 atom stereocenters. The molecule has 0 fully saturated rings. The second kappa shape index (κ2) is 4.65. The number of benzene rings is 1. The Bertz CT molecular complexity index is 294. The predicted molar refractivity (Wildman–Crippen MR) is 53.7 cm³/mol. The summed E-state index contributed by atoms with van der Waals surface area (Å²) < 4.78 is 0. The minimum Gasteiger partial charge on any atom is -0.358 e. The van der Waals surface area contributed by atoms with E-state index in [1.54, 1.807) is 0 Å². The van der Waals surface area contributed by atoms with Gasteiger partial charge in [0.2, 0.25) is 6.41 Å². The van der Waals surface area contributed by atoms with Crippen molar-refractivity contribution in [2.45, 2.75) is 20.3 Å². The molecule has 1 aromatic carbocycles. The molecule has 0 radical (unpaired) electrons. The summed E-state index contributed by atoms with van der Waals surface area (Å²) in [6.45, 7) is 4.92. The number of aryl methyl sites for hydroxylation is 2. The van der Waals surface area contributed by atoms with Crippen molar-refractivity contribution in [1.82, 2.24) is 5.32 Å². The van der Waals surface area contributed by atoms with Gasteiger partial charge in [0, 0.05) is 6.54 Å². The van der Waals surface area contributed by atoms with E-state index in [0.29, 0.717) is 6.54 Å². The highest BCUT2D eigenvalue weighted by molar-refractivity contribution is 5.45. The van der Waals surface area contributed by atoms with Crippen molar-refractivity contribution in [1.29, 1.82) is 0 Å². The predicted octanol–water partition coefficient (Wildman–Crippen LogP) is 1.59. The van der Waals surface area contributed by atoms with Crippen LogP contribution in [0.25, 0.3) is 0 Å². The smallest absolute Gasteiger partial charge is 0.207 e. The Hall–Kier alpha value is -1.31. The largest absolute Gasteiger partial charge is 0.358 e. The van der Waals surface area contributed by atoms with Gasteiger partial charge in [-0.05, 0) is 37.0 Å². The number of rotatable bonds is 4. The topological polar surface area (TPSA) is 29.1 Å². The van der Waals surface area contributed by atoms with Crippen LogP contribution in [0.15, 0.2) is 18.2 Å². The van der Waals surface area contributed by atoms with Gasteiger partial charge in [0.25, 0.3) is 0 Å². The molecule has 1 aromatic rings. The Labute approximate surface area is 79.0 Å². The summed E-state index contributed by atoms with van der Waals surface area (Å²) in [5.41, 5.74) is 3.90. The Morgan fingerprint density at radius 1 is 1.31 bits per heavy atom. The fraction of sp³-hybridized carbons (Fsp3) is 0.364. The molecule has 0 aliphatic heterocycles. The monoisotopic (exact) mass is 177 g/mol. The number of hydrogen-bond acceptors (Lipinski definition) is 1. The molecule has 13 heavy (non-hydrogen) atoms. The van der Waals surface area contributed by atoms with Crippen molar-refractivity contribution >= 4 is 6.41 Å². The third-order valence-electron chi connectivity index (χ3n) is 2.21. The molecule has 0 bridgehead atoms. The van der Waals surface area contributed by atoms with Crippen LogP contribution in [0, 0.1) is 13.8 Å². The summed E-state index contributed by atoms with van der Waals surface area (Å²) in [5.74, 6) is 0. The fourth-order valence-corrected chi connectivity index (χ4v) is 1.23. The standard InChI is InChI=1S/C11H15NO/c1-9-3-4-11(7-10(9)2)5-6-12-8-13/h3-4,7-8H,5-6H2,1-2H3,(H,12,13). The maximum atomic E-state index is 10.0. The van der Waals surface area contributed by atoms with Crippen LogP contribution in [0.3, 0.4) is 0 Å². The summed E-state index contributed by atoms with van der Waals surface area (Å²) in [4.78, 5) is 10.0. The molecular formula is C11H15NO. The first-order valence-corrected chi connectivity index (χ1v) is 4.47. The third kappa shape index (κ3) is 2.90. The van der Waals surface area contributed by atoms with Crippen LogP contribution in [0.4, 0.5) is 0 Å². The van der Waals surface area contributed by atoms with E-state index in [1.807, 2.05) is 0 Å². The number of nitrogens with one attached hydrogen (secondary N) is 1. The van der Waals surface area contributed by atoms with Crippen LogP contribution in [-0.4, -0.2) is 13.0 Å². The van der Waals surface area contributed by atoms with Gasteiger partial charge in [-0.15, -0.1) is 0 Å². The van der Waals surface area contributed by atoms with Gasteiger partial charge in [-0.2, -0.15) is 0 Å². The summed E-state index contributed by atoms with van der Waals surface area (Å²) >= 11 is 0. The van der Waals surface area contributed by atoms with Gasteiger partial charge in [-0.1, -0.05) is 18.2 Å². The van der Waals surface area contributed by atoms with Crippen LogP contribution >= 0.6 is 0 Å². The van der Waals surface area contributed by atoms with Crippen LogP contribution in [0.2, 0.25) is 0 Å². The van der Waals surface area contributed by atoms with E-state index in [4.69, 9.17) is 0 Å². The lowest BCUT2D eigenvalue weighted by Crippen LogP contribution is -2.14. The second-order valence-corrected chi connectivity index (χ2v) is 3.24. The number of carbonyl (C=O) groups excluding carboxylic acids is 1. The molecule has 0 saturated carbocycles. The molecular weight excluding hydrogens is 162 g/mol. The summed E-state index contributed by atoms with van der Waals surface area (Å²) in [6, 6.07) is 6.39. The van der Waals surface area contributed by atoms with E-state index in [1.165, 1.54) is 16.7 Å². The lowest BCUT2D eigenvalue weighted by Gasteiger charge is -2.04. The number of amides is 1. The molecule has 0 aliphatic carbocycles. The lowest BCUT2D eigenvalue weighted by molar-refractivity contribution is -0.109. The molecule has 0 spiro atoms. The maximum absolute atomic E-state index is 10.0. The SMILES string of the molecule is Cc1ccc(CCNC=O)cc1C. The zero-order valence-electron chi connectivity index (χ0n) is 8.13. The molecule has 0 aliphatic rings. The second-order valence-electron chi connectivity index (χ2n) is 3.24. The minimum absolute atomic E-state index is 0.714. The van der Waals surface area contributed by atoms with Crippen molar-refractivity contribution < 1.29 is 4.79 Å². The van der Waals surface area contributed by atoms with Crippen molar-refractivity contribution in [2.75, 3.05) is 6.54 Å². The Morgan fingerprint density at radius 3 is 2.69 bits per heavy atom. The normalized spacial score (nSPS) is 9.69. The quantitative estimate of drug-likeness (QED) is 0.549. The molecule has 0 saturated heterocycles. The number of carbonyl (C=O) groups is 1. The van der Waals surface area contributed by atoms with Gasteiger partial charge in [-0.3, -0.25) is 4.79 Å². The first kappa shape index (κ1) is 9.78. The average molecular weight is 177 g/mol. The van der Waals surface area contributed by atoms with Crippen LogP contribution < -0.4 is 5.32 Å². The lowest BCUT2D eigenvalue weighted by atomic mass is 10.0. The van der Waals surface area contributed by atoms with Crippen molar-refractivity contribution in [2.24, 2.45) is 0 Å². The zero-order chi connectivity index (χ0) is 9.68. The highest BCUT2D eigenvalue weighted by Crippen LogP contribution is 2.09. The van der Waals surface area contributed by atoms with Crippen molar-refractivity contribution in [3.63, 3.8) is 0 Å². The molecule has 0 unspecified atom stereocenters. The van der Waals surface area contributed by atoms with E-state index < -0.39 is 0 Å². The van der Waals surface area contributed by atoms with E-state index in [2.05, 4.69) is 37.4 Å². The first-order valence-electron chi connectivity index (χ1n) is 4.47. The maximum Gasteiger partial charge on any atom is 0.207 e. The van der Waals surface area contributed by atoms with Crippen LogP contribution in [-0.2, 0) is 11.2 Å². The summed E-state index contributed by atoms with van der Waals surface area (Å²) in [5, 5.41) is 2.65. The molecule has 0 heterocycles. The van der Waals surface area contributed by atoms with Gasteiger partial charge in [0.15, 0.2) is 0 Å². The molecule has 2 heteroatoms. The zero-order valence-corrected chi connectivity index (χ0v) is 8.13. The van der Waals surface area contributed by atoms with E-state index in [-0.39, 0.29) is 0 Å². The van der Waals surface area contributed by atoms with E-state index >= 15 is 0 Å². The molecule has 70 valence electrons. The molecule has 0 aromatic heterocycles. The van der Waals surface area contributed by atoms with Gasteiger partial charge < -0.3 is 5.32 Å². The molecule has 1 N–H and O–H groups in total. The average Bonchev–Trinajstić information content (AvgIpc) is 2.12. The minimum atomic E-state index is 0.714. The van der Waals surface area contributed by atoms with E-state index in [0.717, 1.165) is 12.8 Å². The first-order chi connectivity index (χ1) is 6.24. The third-order valence-corrected chi connectivity index (χ3v) is 2.21. The van der Waals surface area contributed by atoms with Gasteiger partial charge in [0.1, 0.15) is 0 Å². The number of hydrogen-bond donors (Lipinski definition) is 1. The highest BCUT2D eigenvalue weighted by Gasteiger charge is 1.95. The molecule has 2 nitrogen and oxygen atoms in total. The summed E-state index contributed by atoms with van der Waals surface area (Å²) in [7, 11) is 0. The van der Waals surface area contributed by atoms with Crippen molar-refractivity contribution in [3.05, 3.63) is 34.9 Å². The van der Waals surface area contributed by atoms with Crippen LogP contribution in [0.1, 0.15) is 16.7 Å².